The van der Waals surface area contributed by atoms with Gasteiger partial charge < -0.3 is 4.90 Å². The highest BCUT2D eigenvalue weighted by Gasteiger charge is 2.10. The molecule has 0 aromatic heterocycles. The molecule has 0 fully saturated rings. The minimum absolute atomic E-state index is 0.960. The first-order valence-corrected chi connectivity index (χ1v) is 7.20. The molecular formula is C19H23N. The molecular weight excluding hydrogens is 242 g/mol. The monoisotopic (exact) mass is 265 g/mol. The Balaban J connectivity index is 2.55. The second kappa shape index (κ2) is 7.06. The van der Waals surface area contributed by atoms with Crippen LogP contribution in [0.15, 0.2) is 60.7 Å². The molecule has 0 aliphatic carbocycles. The summed E-state index contributed by atoms with van der Waals surface area (Å²) in [5, 5.41) is 0. The van der Waals surface area contributed by atoms with Crippen molar-refractivity contribution >= 4 is 11.1 Å². The minimum Gasteiger partial charge on any atom is -0.305 e. The van der Waals surface area contributed by atoms with Crippen molar-refractivity contribution in [3.63, 3.8) is 0 Å². The Hall–Kier alpha value is -1.86. The molecule has 104 valence electrons. The molecule has 20 heavy (non-hydrogen) atoms. The average molecular weight is 265 g/mol. The summed E-state index contributed by atoms with van der Waals surface area (Å²) in [5.41, 5.74) is 5.51. The van der Waals surface area contributed by atoms with E-state index in [2.05, 4.69) is 86.6 Å². The Kier molecular flexibility index (Phi) is 5.14. The van der Waals surface area contributed by atoms with Gasteiger partial charge in [0, 0.05) is 6.54 Å². The smallest absolute Gasteiger partial charge is 0.0236 e. The Morgan fingerprint density at radius 3 is 1.60 bits per heavy atom. The second-order valence-corrected chi connectivity index (χ2v) is 5.28. The van der Waals surface area contributed by atoms with E-state index in [4.69, 9.17) is 0 Å². The van der Waals surface area contributed by atoms with Gasteiger partial charge in [-0.05, 0) is 42.8 Å². The van der Waals surface area contributed by atoms with Gasteiger partial charge in [-0.1, -0.05) is 67.6 Å². The van der Waals surface area contributed by atoms with Gasteiger partial charge in [0.25, 0.3) is 0 Å². The summed E-state index contributed by atoms with van der Waals surface area (Å²) in [6, 6.07) is 21.4. The van der Waals surface area contributed by atoms with Crippen LogP contribution in [0.3, 0.4) is 0 Å². The van der Waals surface area contributed by atoms with Gasteiger partial charge in [-0.15, -0.1) is 0 Å². The molecule has 2 aromatic rings. The lowest BCUT2D eigenvalue weighted by atomic mass is 9.92. The first kappa shape index (κ1) is 14.5. The van der Waals surface area contributed by atoms with Crippen LogP contribution in [0.25, 0.3) is 11.1 Å². The topological polar surface area (TPSA) is 3.24 Å². The van der Waals surface area contributed by atoms with E-state index in [-0.39, 0.29) is 0 Å². The summed E-state index contributed by atoms with van der Waals surface area (Å²) < 4.78 is 0. The highest BCUT2D eigenvalue weighted by molar-refractivity contribution is 5.91. The largest absolute Gasteiger partial charge is 0.305 e. The molecule has 1 nitrogen and oxygen atoms in total. The molecule has 1 heteroatoms. The van der Waals surface area contributed by atoms with Gasteiger partial charge in [-0.3, -0.25) is 0 Å². The van der Waals surface area contributed by atoms with Crippen LogP contribution in [-0.4, -0.2) is 25.5 Å². The van der Waals surface area contributed by atoms with Crippen molar-refractivity contribution in [2.24, 2.45) is 0 Å². The molecule has 0 heterocycles. The highest BCUT2D eigenvalue weighted by atomic mass is 15.0. The molecule has 2 aromatic carbocycles. The summed E-state index contributed by atoms with van der Waals surface area (Å²) in [6.45, 7) is 3.20. The SMILES string of the molecule is CC/C(=C(\CN(C)C)c1ccccc1)c1ccccc1. The van der Waals surface area contributed by atoms with Gasteiger partial charge in [0.15, 0.2) is 0 Å². The van der Waals surface area contributed by atoms with Crippen LogP contribution in [0.4, 0.5) is 0 Å². The van der Waals surface area contributed by atoms with Crippen LogP contribution in [0.2, 0.25) is 0 Å². The molecule has 0 amide bonds. The molecule has 0 radical (unpaired) electrons. The van der Waals surface area contributed by atoms with E-state index >= 15 is 0 Å². The molecule has 0 unspecified atom stereocenters. The number of hydrogen-bond donors (Lipinski definition) is 0. The van der Waals surface area contributed by atoms with Gasteiger partial charge in [0.1, 0.15) is 0 Å². The van der Waals surface area contributed by atoms with E-state index < -0.39 is 0 Å². The molecule has 0 aliphatic rings. The summed E-state index contributed by atoms with van der Waals surface area (Å²) in [6.07, 6.45) is 1.04. The Bertz CT molecular complexity index is 553. The highest BCUT2D eigenvalue weighted by Crippen LogP contribution is 2.29. The van der Waals surface area contributed by atoms with Crippen LogP contribution < -0.4 is 0 Å². The minimum atomic E-state index is 0.960. The van der Waals surface area contributed by atoms with Crippen molar-refractivity contribution in [2.75, 3.05) is 20.6 Å². The van der Waals surface area contributed by atoms with E-state index in [1.54, 1.807) is 0 Å². The predicted octanol–water partition coefficient (Wildman–Crippen LogP) is 4.57. The van der Waals surface area contributed by atoms with Crippen molar-refractivity contribution in [3.05, 3.63) is 71.8 Å². The standard InChI is InChI=1S/C19H23N/c1-4-18(16-11-7-5-8-12-16)19(15-20(2)3)17-13-9-6-10-14-17/h5-14H,4,15H2,1-3H3/b19-18-. The molecule has 0 saturated carbocycles. The molecule has 0 saturated heterocycles. The predicted molar refractivity (Wildman–Crippen MR) is 88.5 cm³/mol. The Morgan fingerprint density at radius 1 is 0.750 bits per heavy atom. The Morgan fingerprint density at radius 2 is 1.20 bits per heavy atom. The maximum Gasteiger partial charge on any atom is 0.0236 e. The summed E-state index contributed by atoms with van der Waals surface area (Å²) in [4.78, 5) is 2.24. The summed E-state index contributed by atoms with van der Waals surface area (Å²) in [7, 11) is 4.25. The van der Waals surface area contributed by atoms with Crippen LogP contribution in [0.5, 0.6) is 0 Å². The normalized spacial score (nSPS) is 12.4. The van der Waals surface area contributed by atoms with Gasteiger partial charge in [-0.2, -0.15) is 0 Å². The van der Waals surface area contributed by atoms with Crippen molar-refractivity contribution in [3.8, 4) is 0 Å². The van der Waals surface area contributed by atoms with E-state index in [0.717, 1.165) is 13.0 Å². The van der Waals surface area contributed by atoms with E-state index in [0.29, 0.717) is 0 Å². The van der Waals surface area contributed by atoms with Crippen LogP contribution in [0.1, 0.15) is 24.5 Å². The lowest BCUT2D eigenvalue weighted by Crippen LogP contribution is -2.15. The Labute approximate surface area is 122 Å². The van der Waals surface area contributed by atoms with Crippen molar-refractivity contribution < 1.29 is 0 Å². The third-order valence-electron chi connectivity index (χ3n) is 3.44. The first-order chi connectivity index (χ1) is 9.72. The van der Waals surface area contributed by atoms with Gasteiger partial charge in [0.2, 0.25) is 0 Å². The molecule has 0 bridgehead atoms. The lowest BCUT2D eigenvalue weighted by molar-refractivity contribution is 0.463. The number of rotatable bonds is 5. The van der Waals surface area contributed by atoms with E-state index in [1.807, 2.05) is 0 Å². The molecule has 0 atom stereocenters. The summed E-state index contributed by atoms with van der Waals surface area (Å²) >= 11 is 0. The quantitative estimate of drug-likeness (QED) is 0.716. The van der Waals surface area contributed by atoms with E-state index in [1.165, 1.54) is 22.3 Å². The number of nitrogens with zero attached hydrogens (tertiary/aromatic N) is 1. The molecule has 0 N–H and O–H groups in total. The number of benzene rings is 2. The zero-order chi connectivity index (χ0) is 14.4. The fraction of sp³-hybridized carbons (Fsp3) is 0.263. The summed E-state index contributed by atoms with van der Waals surface area (Å²) in [5.74, 6) is 0. The van der Waals surface area contributed by atoms with E-state index in [9.17, 15) is 0 Å². The van der Waals surface area contributed by atoms with Crippen molar-refractivity contribution in [1.82, 2.24) is 4.90 Å². The van der Waals surface area contributed by atoms with Crippen molar-refractivity contribution in [1.29, 1.82) is 0 Å². The van der Waals surface area contributed by atoms with Gasteiger partial charge in [0.05, 0.1) is 0 Å². The van der Waals surface area contributed by atoms with Crippen LogP contribution >= 0.6 is 0 Å². The number of likely N-dealkylation sites (N-methyl/N-ethyl adjacent to an activating group) is 1. The zero-order valence-electron chi connectivity index (χ0n) is 12.6. The van der Waals surface area contributed by atoms with Crippen LogP contribution in [0, 0.1) is 0 Å². The number of allylic oxidation sites excluding steroid dienone is 1. The molecule has 0 spiro atoms. The van der Waals surface area contributed by atoms with Gasteiger partial charge >= 0.3 is 0 Å². The maximum atomic E-state index is 2.24. The fourth-order valence-corrected chi connectivity index (χ4v) is 2.55. The third kappa shape index (κ3) is 3.58. The van der Waals surface area contributed by atoms with Crippen LogP contribution in [-0.2, 0) is 0 Å². The average Bonchev–Trinajstić information content (AvgIpc) is 2.49. The van der Waals surface area contributed by atoms with Crippen molar-refractivity contribution in [2.45, 2.75) is 13.3 Å². The zero-order valence-corrected chi connectivity index (χ0v) is 12.6. The number of hydrogen-bond acceptors (Lipinski definition) is 1. The first-order valence-electron chi connectivity index (χ1n) is 7.20. The molecule has 0 aliphatic heterocycles. The fourth-order valence-electron chi connectivity index (χ4n) is 2.55. The molecule has 2 rings (SSSR count). The van der Waals surface area contributed by atoms with Gasteiger partial charge in [-0.25, -0.2) is 0 Å². The lowest BCUT2D eigenvalue weighted by Gasteiger charge is -2.19. The second-order valence-electron chi connectivity index (χ2n) is 5.28. The maximum absolute atomic E-state index is 2.24. The third-order valence-corrected chi connectivity index (χ3v) is 3.44.